The minimum atomic E-state index is -1.05. The first-order valence-corrected chi connectivity index (χ1v) is 8.91. The van der Waals surface area contributed by atoms with E-state index in [-0.39, 0.29) is 11.5 Å². The standard InChI is InChI=1S/C23H21NO3/c25-22(24-21-12-7-6-11-20(21)23(26)27)13-3-1-2-8-17-14-15-18-9-4-5-10-19(18)16-17/h2,4-12,14-16H,1,3,13H2,(H,24,25)(H,26,27). The molecule has 0 fully saturated rings. The number of para-hydroxylation sites is 1. The second kappa shape index (κ2) is 8.81. The lowest BCUT2D eigenvalue weighted by Gasteiger charge is -2.07. The lowest BCUT2D eigenvalue weighted by atomic mass is 10.1. The van der Waals surface area contributed by atoms with E-state index < -0.39 is 5.97 Å². The zero-order chi connectivity index (χ0) is 19.1. The van der Waals surface area contributed by atoms with Crippen LogP contribution in [0.3, 0.4) is 0 Å². The molecular weight excluding hydrogens is 338 g/mol. The number of anilines is 1. The van der Waals surface area contributed by atoms with E-state index in [0.29, 0.717) is 18.5 Å². The first-order valence-electron chi connectivity index (χ1n) is 8.91. The number of amides is 1. The molecule has 0 aliphatic carbocycles. The van der Waals surface area contributed by atoms with Crippen LogP contribution in [0.25, 0.3) is 16.8 Å². The third-order valence-electron chi connectivity index (χ3n) is 4.29. The van der Waals surface area contributed by atoms with Gasteiger partial charge in [-0.25, -0.2) is 4.79 Å². The summed E-state index contributed by atoms with van der Waals surface area (Å²) in [6.45, 7) is 0. The van der Waals surface area contributed by atoms with Crippen molar-refractivity contribution in [3.8, 4) is 0 Å². The van der Waals surface area contributed by atoms with E-state index in [1.54, 1.807) is 18.2 Å². The number of fused-ring (bicyclic) bond motifs is 1. The summed E-state index contributed by atoms with van der Waals surface area (Å²) in [6.07, 6.45) is 5.94. The minimum absolute atomic E-state index is 0.0991. The molecule has 0 unspecified atom stereocenters. The number of rotatable bonds is 7. The van der Waals surface area contributed by atoms with Crippen LogP contribution < -0.4 is 5.32 Å². The lowest BCUT2D eigenvalue weighted by molar-refractivity contribution is -0.116. The fraction of sp³-hybridized carbons (Fsp3) is 0.130. The summed E-state index contributed by atoms with van der Waals surface area (Å²) < 4.78 is 0. The first-order chi connectivity index (χ1) is 13.1. The summed E-state index contributed by atoms with van der Waals surface area (Å²) in [5.74, 6) is -1.23. The highest BCUT2D eigenvalue weighted by Gasteiger charge is 2.11. The molecule has 1 amide bonds. The van der Waals surface area contributed by atoms with Crippen molar-refractivity contribution in [2.45, 2.75) is 19.3 Å². The summed E-state index contributed by atoms with van der Waals surface area (Å²) in [5, 5.41) is 14.2. The third kappa shape index (κ3) is 5.05. The first kappa shape index (κ1) is 18.4. The molecule has 0 aromatic heterocycles. The molecule has 3 rings (SSSR count). The number of benzene rings is 3. The highest BCUT2D eigenvalue weighted by molar-refractivity contribution is 6.00. The summed E-state index contributed by atoms with van der Waals surface area (Å²) in [6, 6.07) is 21.0. The van der Waals surface area contributed by atoms with Crippen LogP contribution in [0.2, 0.25) is 0 Å². The molecule has 0 saturated heterocycles. The van der Waals surface area contributed by atoms with E-state index in [4.69, 9.17) is 5.11 Å². The molecule has 0 aliphatic rings. The normalized spacial score (nSPS) is 11.0. The largest absolute Gasteiger partial charge is 0.478 e. The Balaban J connectivity index is 1.48. The molecule has 4 nitrogen and oxygen atoms in total. The molecule has 136 valence electrons. The summed E-state index contributed by atoms with van der Waals surface area (Å²) in [4.78, 5) is 23.2. The van der Waals surface area contributed by atoms with E-state index in [0.717, 1.165) is 12.0 Å². The molecule has 0 heterocycles. The van der Waals surface area contributed by atoms with Gasteiger partial charge in [-0.2, -0.15) is 0 Å². The van der Waals surface area contributed by atoms with Gasteiger partial charge < -0.3 is 10.4 Å². The Labute approximate surface area is 158 Å². The molecule has 0 saturated carbocycles. The summed E-state index contributed by atoms with van der Waals surface area (Å²) >= 11 is 0. The molecule has 0 radical (unpaired) electrons. The molecule has 0 aliphatic heterocycles. The topological polar surface area (TPSA) is 66.4 Å². The predicted molar refractivity (Wildman–Crippen MR) is 109 cm³/mol. The van der Waals surface area contributed by atoms with Gasteiger partial charge in [0.05, 0.1) is 11.3 Å². The Morgan fingerprint density at radius 1 is 0.926 bits per heavy atom. The summed E-state index contributed by atoms with van der Waals surface area (Å²) in [5.41, 5.74) is 1.57. The van der Waals surface area contributed by atoms with Crippen LogP contribution in [-0.2, 0) is 4.79 Å². The fourth-order valence-electron chi connectivity index (χ4n) is 2.90. The van der Waals surface area contributed by atoms with Crippen molar-refractivity contribution in [1.82, 2.24) is 0 Å². The molecule has 3 aromatic rings. The molecule has 3 aromatic carbocycles. The predicted octanol–water partition coefficient (Wildman–Crippen LogP) is 5.36. The average molecular weight is 359 g/mol. The Morgan fingerprint density at radius 3 is 2.48 bits per heavy atom. The molecule has 0 atom stereocenters. The number of aromatic carboxylic acids is 1. The van der Waals surface area contributed by atoms with Gasteiger partial charge >= 0.3 is 5.97 Å². The van der Waals surface area contributed by atoms with E-state index in [9.17, 15) is 9.59 Å². The van der Waals surface area contributed by atoms with E-state index in [2.05, 4.69) is 47.8 Å². The van der Waals surface area contributed by atoms with Crippen molar-refractivity contribution in [3.63, 3.8) is 0 Å². The Morgan fingerprint density at radius 2 is 1.67 bits per heavy atom. The second-order valence-corrected chi connectivity index (χ2v) is 6.30. The Bertz CT molecular complexity index is 992. The number of carbonyl (C=O) groups excluding carboxylic acids is 1. The smallest absolute Gasteiger partial charge is 0.337 e. The quantitative estimate of drug-likeness (QED) is 0.558. The van der Waals surface area contributed by atoms with Gasteiger partial charge in [0.15, 0.2) is 0 Å². The minimum Gasteiger partial charge on any atom is -0.478 e. The van der Waals surface area contributed by atoms with Crippen molar-refractivity contribution in [3.05, 3.63) is 83.9 Å². The van der Waals surface area contributed by atoms with Gasteiger partial charge in [0.25, 0.3) is 0 Å². The van der Waals surface area contributed by atoms with Crippen molar-refractivity contribution in [1.29, 1.82) is 0 Å². The van der Waals surface area contributed by atoms with Crippen molar-refractivity contribution in [2.24, 2.45) is 0 Å². The number of carboxylic acids is 1. The van der Waals surface area contributed by atoms with Gasteiger partial charge in [0.1, 0.15) is 0 Å². The average Bonchev–Trinajstić information content (AvgIpc) is 2.68. The van der Waals surface area contributed by atoms with Crippen molar-refractivity contribution >= 4 is 34.4 Å². The number of hydrogen-bond donors (Lipinski definition) is 2. The molecule has 0 spiro atoms. The van der Waals surface area contributed by atoms with E-state index in [1.165, 1.54) is 16.8 Å². The zero-order valence-corrected chi connectivity index (χ0v) is 14.9. The van der Waals surface area contributed by atoms with Crippen LogP contribution in [-0.4, -0.2) is 17.0 Å². The van der Waals surface area contributed by atoms with Crippen LogP contribution in [0.15, 0.2) is 72.8 Å². The number of carbonyl (C=O) groups is 2. The summed E-state index contributed by atoms with van der Waals surface area (Å²) in [7, 11) is 0. The van der Waals surface area contributed by atoms with Crippen molar-refractivity contribution in [2.75, 3.05) is 5.32 Å². The number of carboxylic acid groups (broad SMARTS) is 1. The van der Waals surface area contributed by atoms with Gasteiger partial charge in [-0.1, -0.05) is 60.7 Å². The van der Waals surface area contributed by atoms with Gasteiger partial charge in [-0.15, -0.1) is 0 Å². The lowest BCUT2D eigenvalue weighted by Crippen LogP contribution is -2.14. The molecule has 27 heavy (non-hydrogen) atoms. The maximum absolute atomic E-state index is 12.0. The SMILES string of the molecule is O=C(CCCC=Cc1ccc2ccccc2c1)Nc1ccccc1C(=O)O. The van der Waals surface area contributed by atoms with E-state index in [1.807, 2.05) is 12.1 Å². The van der Waals surface area contributed by atoms with E-state index >= 15 is 0 Å². The van der Waals surface area contributed by atoms with Crippen LogP contribution >= 0.6 is 0 Å². The zero-order valence-electron chi connectivity index (χ0n) is 14.9. The number of hydrogen-bond acceptors (Lipinski definition) is 2. The monoisotopic (exact) mass is 359 g/mol. The molecular formula is C23H21NO3. The third-order valence-corrected chi connectivity index (χ3v) is 4.29. The van der Waals surface area contributed by atoms with Gasteiger partial charge in [0, 0.05) is 6.42 Å². The van der Waals surface area contributed by atoms with Crippen LogP contribution in [0.1, 0.15) is 35.2 Å². The van der Waals surface area contributed by atoms with Crippen LogP contribution in [0.4, 0.5) is 5.69 Å². The second-order valence-electron chi connectivity index (χ2n) is 6.30. The van der Waals surface area contributed by atoms with Crippen molar-refractivity contribution < 1.29 is 14.7 Å². The van der Waals surface area contributed by atoms with Gasteiger partial charge in [0.2, 0.25) is 5.91 Å². The van der Waals surface area contributed by atoms with Crippen LogP contribution in [0, 0.1) is 0 Å². The van der Waals surface area contributed by atoms with Crippen LogP contribution in [0.5, 0.6) is 0 Å². The number of allylic oxidation sites excluding steroid dienone is 1. The van der Waals surface area contributed by atoms with Gasteiger partial charge in [-0.05, 0) is 47.4 Å². The Hall–Kier alpha value is -3.40. The fourth-order valence-corrected chi connectivity index (χ4v) is 2.90. The highest BCUT2D eigenvalue weighted by atomic mass is 16.4. The molecule has 4 heteroatoms. The Kier molecular flexibility index (Phi) is 6.00. The van der Waals surface area contributed by atoms with Gasteiger partial charge in [-0.3, -0.25) is 4.79 Å². The molecule has 0 bridgehead atoms. The number of unbranched alkanes of at least 4 members (excludes halogenated alkanes) is 1. The highest BCUT2D eigenvalue weighted by Crippen LogP contribution is 2.17. The number of nitrogens with one attached hydrogen (secondary N) is 1. The maximum atomic E-state index is 12.0. The molecule has 2 N–H and O–H groups in total. The maximum Gasteiger partial charge on any atom is 0.337 e.